The molecule has 114 valence electrons. The van der Waals surface area contributed by atoms with E-state index in [1.807, 2.05) is 0 Å². The molecule has 0 aliphatic carbocycles. The summed E-state index contributed by atoms with van der Waals surface area (Å²) in [6.45, 7) is 13.6. The minimum atomic E-state index is -1.38. The molecule has 0 rings (SSSR count). The van der Waals surface area contributed by atoms with Crippen molar-refractivity contribution < 1.29 is 0 Å². The third-order valence-electron chi connectivity index (χ3n) is 4.99. The molecule has 20 heavy (non-hydrogen) atoms. The van der Waals surface area contributed by atoms with Crippen molar-refractivity contribution in [3.63, 3.8) is 0 Å². The summed E-state index contributed by atoms with van der Waals surface area (Å²) in [5.41, 5.74) is 7.08. The molecule has 0 unspecified atom stereocenters. The maximum atomic E-state index is 6.33. The van der Waals surface area contributed by atoms with E-state index in [9.17, 15) is 0 Å². The van der Waals surface area contributed by atoms with Crippen LogP contribution in [0, 0.1) is 22.9 Å². The predicted molar refractivity (Wildman–Crippen MR) is 99.6 cm³/mol. The van der Waals surface area contributed by atoms with Crippen LogP contribution in [-0.2, 0) is 0 Å². The molecule has 0 aromatic rings. The molecule has 0 aromatic carbocycles. The molecule has 3 heteroatoms. The van der Waals surface area contributed by atoms with Gasteiger partial charge in [-0.1, -0.05) is 65.0 Å². The molecule has 0 bridgehead atoms. The lowest BCUT2D eigenvalue weighted by Crippen LogP contribution is -2.30. The Balaban J connectivity index is 5.03. The Labute approximate surface area is 134 Å². The van der Waals surface area contributed by atoms with Crippen LogP contribution in [-0.4, -0.2) is 21.5 Å². The first-order valence-corrected chi connectivity index (χ1v) is 13.8. The van der Waals surface area contributed by atoms with Crippen LogP contribution in [0.25, 0.3) is 0 Å². The zero-order valence-electron chi connectivity index (χ0n) is 14.2. The van der Waals surface area contributed by atoms with Gasteiger partial charge in [-0.2, -0.15) is 0 Å². The highest BCUT2D eigenvalue weighted by atomic mass is 35.5. The van der Waals surface area contributed by atoms with E-state index in [1.54, 1.807) is 0 Å². The van der Waals surface area contributed by atoms with Crippen LogP contribution < -0.4 is 0 Å². The Hall–Kier alpha value is -0.156. The number of hydrogen-bond donors (Lipinski definition) is 0. The minimum absolute atomic E-state index is 0.275. The van der Waals surface area contributed by atoms with Gasteiger partial charge >= 0.3 is 0 Å². The van der Waals surface area contributed by atoms with Crippen molar-refractivity contribution in [2.75, 3.05) is 0 Å². The average Bonchev–Trinajstić information content (AvgIpc) is 2.51. The Morgan fingerprint density at radius 1 is 0.650 bits per heavy atom. The van der Waals surface area contributed by atoms with E-state index in [2.05, 4.69) is 64.5 Å². The second kappa shape index (κ2) is 9.72. The zero-order valence-corrected chi connectivity index (χ0v) is 17.0. The van der Waals surface area contributed by atoms with E-state index >= 15 is 0 Å². The predicted octanol–water partition coefficient (Wildman–Crippen LogP) is 5.70. The molecule has 0 saturated carbocycles. The van der Waals surface area contributed by atoms with Gasteiger partial charge in [-0.25, -0.2) is 0 Å². The van der Waals surface area contributed by atoms with Crippen molar-refractivity contribution in [1.82, 2.24) is 0 Å². The fraction of sp³-hybridized carbons (Fsp3) is 0.765. The summed E-state index contributed by atoms with van der Waals surface area (Å²) in [7, 11) is -2.76. The van der Waals surface area contributed by atoms with Crippen molar-refractivity contribution in [3.05, 3.63) is 0 Å². The van der Waals surface area contributed by atoms with Gasteiger partial charge in [0.1, 0.15) is 16.1 Å². The molecular weight excluding hydrogens is 296 g/mol. The molecule has 0 saturated heterocycles. The van der Waals surface area contributed by atoms with Crippen molar-refractivity contribution >= 4 is 27.7 Å². The standard InChI is InChI=1S/C17H31ClSi2/c1-7-19(8-2,9-3)15-13-17(18)14-16-20(10-4,11-5)12-6/h17H,7-12H2,1-6H3. The molecule has 0 radical (unpaired) electrons. The topological polar surface area (TPSA) is 0 Å². The van der Waals surface area contributed by atoms with Gasteiger partial charge in [0.25, 0.3) is 0 Å². The first-order chi connectivity index (χ1) is 9.46. The van der Waals surface area contributed by atoms with Gasteiger partial charge in [-0.3, -0.25) is 0 Å². The van der Waals surface area contributed by atoms with Crippen molar-refractivity contribution in [2.45, 2.75) is 83.2 Å². The molecule has 0 amide bonds. The maximum absolute atomic E-state index is 6.33. The number of rotatable bonds is 6. The molecule has 0 N–H and O–H groups in total. The molecule has 0 spiro atoms. The molecule has 0 aliphatic rings. The van der Waals surface area contributed by atoms with Gasteiger partial charge in [0.15, 0.2) is 5.38 Å². The summed E-state index contributed by atoms with van der Waals surface area (Å²) in [5.74, 6) is 6.49. The molecule has 0 heterocycles. The summed E-state index contributed by atoms with van der Waals surface area (Å²) in [5, 5.41) is -0.275. The van der Waals surface area contributed by atoms with Crippen molar-refractivity contribution in [3.8, 4) is 22.9 Å². The SMILES string of the molecule is CC[Si](C#CC(Cl)C#C[Si](CC)(CC)CC)(CC)CC. The van der Waals surface area contributed by atoms with E-state index in [-0.39, 0.29) is 5.38 Å². The summed E-state index contributed by atoms with van der Waals surface area (Å²) in [6.07, 6.45) is 0. The van der Waals surface area contributed by atoms with Crippen LogP contribution in [0.4, 0.5) is 0 Å². The van der Waals surface area contributed by atoms with Gasteiger partial charge in [-0.05, 0) is 36.3 Å². The van der Waals surface area contributed by atoms with Crippen LogP contribution >= 0.6 is 11.6 Å². The fourth-order valence-electron chi connectivity index (χ4n) is 2.50. The highest BCUT2D eigenvalue weighted by Gasteiger charge is 2.25. The number of halogens is 1. The van der Waals surface area contributed by atoms with Gasteiger partial charge in [0.05, 0.1) is 0 Å². The third-order valence-corrected chi connectivity index (χ3v) is 14.7. The summed E-state index contributed by atoms with van der Waals surface area (Å²) in [4.78, 5) is 0. The molecule has 0 fully saturated rings. The fourth-order valence-corrected chi connectivity index (χ4v) is 7.75. The lowest BCUT2D eigenvalue weighted by molar-refractivity contribution is 1.20. The molecule has 0 atom stereocenters. The second-order valence-corrected chi connectivity index (χ2v) is 15.9. The Bertz CT molecular complexity index is 332. The van der Waals surface area contributed by atoms with Crippen LogP contribution in [0.3, 0.4) is 0 Å². The summed E-state index contributed by atoms with van der Waals surface area (Å²) < 4.78 is 0. The van der Waals surface area contributed by atoms with Crippen LogP contribution in [0.2, 0.25) is 36.3 Å². The minimum Gasteiger partial charge on any atom is -0.129 e. The highest BCUT2D eigenvalue weighted by Crippen LogP contribution is 2.20. The quantitative estimate of drug-likeness (QED) is 0.334. The highest BCUT2D eigenvalue weighted by molar-refractivity contribution is 6.87. The number of alkyl halides is 1. The van der Waals surface area contributed by atoms with Gasteiger partial charge in [0, 0.05) is 0 Å². The van der Waals surface area contributed by atoms with Crippen LogP contribution in [0.1, 0.15) is 41.5 Å². The first-order valence-electron chi connectivity index (χ1n) is 8.16. The summed E-state index contributed by atoms with van der Waals surface area (Å²) >= 11 is 6.33. The molecule has 0 aliphatic heterocycles. The monoisotopic (exact) mass is 326 g/mol. The summed E-state index contributed by atoms with van der Waals surface area (Å²) in [6, 6.07) is 7.34. The molecule has 0 nitrogen and oxygen atoms in total. The second-order valence-electron chi connectivity index (χ2n) is 5.58. The van der Waals surface area contributed by atoms with E-state index in [0.29, 0.717) is 0 Å². The van der Waals surface area contributed by atoms with Crippen LogP contribution in [0.5, 0.6) is 0 Å². The number of hydrogen-bond acceptors (Lipinski definition) is 0. The van der Waals surface area contributed by atoms with Gasteiger partial charge in [0.2, 0.25) is 0 Å². The lowest BCUT2D eigenvalue weighted by atomic mass is 10.5. The smallest absolute Gasteiger partial charge is 0.129 e. The lowest BCUT2D eigenvalue weighted by Gasteiger charge is -2.20. The van der Waals surface area contributed by atoms with E-state index in [4.69, 9.17) is 11.6 Å². The van der Waals surface area contributed by atoms with Gasteiger partial charge < -0.3 is 0 Å². The average molecular weight is 327 g/mol. The zero-order chi connectivity index (χ0) is 15.6. The van der Waals surface area contributed by atoms with Crippen molar-refractivity contribution in [2.24, 2.45) is 0 Å². The maximum Gasteiger partial charge on any atom is 0.153 e. The van der Waals surface area contributed by atoms with Crippen LogP contribution in [0.15, 0.2) is 0 Å². The van der Waals surface area contributed by atoms with Crippen molar-refractivity contribution in [1.29, 1.82) is 0 Å². The third kappa shape index (κ3) is 5.68. The normalized spacial score (nSPS) is 11.6. The Kier molecular flexibility index (Phi) is 9.64. The first kappa shape index (κ1) is 19.8. The Morgan fingerprint density at radius 2 is 0.900 bits per heavy atom. The van der Waals surface area contributed by atoms with E-state index in [0.717, 1.165) is 0 Å². The Morgan fingerprint density at radius 3 is 1.10 bits per heavy atom. The van der Waals surface area contributed by atoms with E-state index in [1.165, 1.54) is 36.3 Å². The molecule has 0 aromatic heterocycles. The van der Waals surface area contributed by atoms with E-state index < -0.39 is 16.1 Å². The largest absolute Gasteiger partial charge is 0.153 e. The molecular formula is C17H31ClSi2. The van der Waals surface area contributed by atoms with Gasteiger partial charge in [-0.15, -0.1) is 11.1 Å².